The predicted molar refractivity (Wildman–Crippen MR) is 163 cm³/mol. The van der Waals surface area contributed by atoms with Crippen LogP contribution in [0.5, 0.6) is 11.5 Å². The number of rotatable bonds is 13. The fourth-order valence-corrected chi connectivity index (χ4v) is 6.19. The number of unbranched alkanes of at least 4 members (excludes halogenated alkanes) is 2. The van der Waals surface area contributed by atoms with Gasteiger partial charge in [0, 0.05) is 31.1 Å². The zero-order chi connectivity index (χ0) is 31.3. The molecule has 0 bridgehead atoms. The summed E-state index contributed by atoms with van der Waals surface area (Å²) < 4.78 is 5.90. The molecule has 2 aliphatic rings. The molecule has 4 atom stereocenters. The van der Waals surface area contributed by atoms with Crippen molar-refractivity contribution in [2.24, 2.45) is 11.8 Å². The number of imide groups is 1. The first-order valence-corrected chi connectivity index (χ1v) is 14.8. The molecular weight excluding hydrogens is 562 g/mol. The van der Waals surface area contributed by atoms with E-state index in [4.69, 9.17) is 4.74 Å². The predicted octanol–water partition coefficient (Wildman–Crippen LogP) is 5.84. The van der Waals surface area contributed by atoms with Crippen LogP contribution in [-0.2, 0) is 20.8 Å². The maximum absolute atomic E-state index is 13.9. The summed E-state index contributed by atoms with van der Waals surface area (Å²) in [5.41, 5.74) is -0.802. The van der Waals surface area contributed by atoms with E-state index in [0.717, 1.165) is 19.3 Å². The SMILES string of the molecule is CCCC/C=C/CCN1C(=O)C2C(c3ccc(Oc4ccccc4)cc3)NC(Cc3ccc([N+](=O)[O-])cc3)(C(=O)O)C2C1=O. The number of nitro benzene ring substituents is 1. The van der Waals surface area contributed by atoms with Gasteiger partial charge in [0.2, 0.25) is 11.8 Å². The molecule has 2 amide bonds. The quantitative estimate of drug-likeness (QED) is 0.0824. The molecule has 2 saturated heterocycles. The third-order valence-electron chi connectivity index (χ3n) is 8.39. The second-order valence-corrected chi connectivity index (χ2v) is 11.2. The Bertz CT molecular complexity index is 1540. The zero-order valence-corrected chi connectivity index (χ0v) is 24.4. The van der Waals surface area contributed by atoms with E-state index in [1.807, 2.05) is 42.5 Å². The van der Waals surface area contributed by atoms with Gasteiger partial charge in [-0.25, -0.2) is 0 Å². The number of hydrogen-bond donors (Lipinski definition) is 2. The molecule has 2 heterocycles. The Morgan fingerprint density at radius 2 is 1.64 bits per heavy atom. The molecule has 3 aromatic rings. The van der Waals surface area contributed by atoms with Crippen LogP contribution < -0.4 is 10.1 Å². The number of fused-ring (bicyclic) bond motifs is 1. The summed E-state index contributed by atoms with van der Waals surface area (Å²) in [5, 5.41) is 25.1. The molecule has 0 radical (unpaired) electrons. The number of carbonyl (C=O) groups excluding carboxylic acids is 2. The van der Waals surface area contributed by atoms with Gasteiger partial charge in [-0.05, 0) is 48.2 Å². The highest BCUT2D eigenvalue weighted by Gasteiger charge is 2.68. The molecule has 228 valence electrons. The van der Waals surface area contributed by atoms with Crippen LogP contribution in [0.2, 0.25) is 0 Å². The maximum Gasteiger partial charge on any atom is 0.325 e. The van der Waals surface area contributed by atoms with Gasteiger partial charge < -0.3 is 9.84 Å². The molecule has 0 saturated carbocycles. The average Bonchev–Trinajstić information content (AvgIpc) is 3.49. The van der Waals surface area contributed by atoms with Gasteiger partial charge in [-0.15, -0.1) is 0 Å². The average molecular weight is 598 g/mol. The first-order valence-electron chi connectivity index (χ1n) is 14.8. The lowest BCUT2D eigenvalue weighted by Gasteiger charge is -2.31. The third-order valence-corrected chi connectivity index (χ3v) is 8.39. The van der Waals surface area contributed by atoms with Crippen molar-refractivity contribution in [1.82, 2.24) is 10.2 Å². The maximum atomic E-state index is 13.9. The summed E-state index contributed by atoms with van der Waals surface area (Å²) in [7, 11) is 0. The van der Waals surface area contributed by atoms with Gasteiger partial charge in [-0.1, -0.05) is 74.4 Å². The molecule has 4 unspecified atom stereocenters. The lowest BCUT2D eigenvalue weighted by atomic mass is 9.76. The van der Waals surface area contributed by atoms with Crippen LogP contribution in [-0.4, -0.2) is 44.8 Å². The minimum absolute atomic E-state index is 0.128. The molecule has 10 heteroatoms. The summed E-state index contributed by atoms with van der Waals surface area (Å²) in [6.07, 6.45) is 7.35. The number of ether oxygens (including phenoxy) is 1. The van der Waals surface area contributed by atoms with E-state index < -0.39 is 46.1 Å². The van der Waals surface area contributed by atoms with Crippen LogP contribution in [0.15, 0.2) is 91.0 Å². The number of non-ortho nitro benzene ring substituents is 1. The lowest BCUT2D eigenvalue weighted by Crippen LogP contribution is -2.57. The summed E-state index contributed by atoms with van der Waals surface area (Å²) in [4.78, 5) is 52.8. The number of benzene rings is 3. The van der Waals surface area contributed by atoms with Gasteiger partial charge in [-0.3, -0.25) is 34.7 Å². The number of carboxylic acids is 1. The van der Waals surface area contributed by atoms with Crippen LogP contribution in [0.4, 0.5) is 5.69 Å². The van der Waals surface area contributed by atoms with E-state index in [0.29, 0.717) is 29.0 Å². The van der Waals surface area contributed by atoms with Crippen LogP contribution in [0.1, 0.15) is 49.8 Å². The number of allylic oxidation sites excluding steroid dienone is 1. The van der Waals surface area contributed by atoms with E-state index in [1.54, 1.807) is 24.3 Å². The van der Waals surface area contributed by atoms with E-state index in [-0.39, 0.29) is 18.7 Å². The molecule has 0 aromatic heterocycles. The number of nitrogens with zero attached hydrogens (tertiary/aromatic N) is 2. The second-order valence-electron chi connectivity index (χ2n) is 11.2. The summed E-state index contributed by atoms with van der Waals surface area (Å²) in [6.45, 7) is 2.27. The fourth-order valence-electron chi connectivity index (χ4n) is 6.19. The van der Waals surface area contributed by atoms with Crippen molar-refractivity contribution in [2.45, 2.75) is 50.6 Å². The van der Waals surface area contributed by atoms with Gasteiger partial charge in [0.25, 0.3) is 5.69 Å². The number of hydrogen-bond acceptors (Lipinski definition) is 7. The largest absolute Gasteiger partial charge is 0.480 e. The highest BCUT2D eigenvalue weighted by Crippen LogP contribution is 2.50. The second kappa shape index (κ2) is 13.2. The summed E-state index contributed by atoms with van der Waals surface area (Å²) in [6, 6.07) is 21.1. The van der Waals surface area contributed by atoms with Crippen molar-refractivity contribution < 1.29 is 29.2 Å². The van der Waals surface area contributed by atoms with E-state index in [1.165, 1.54) is 29.2 Å². The van der Waals surface area contributed by atoms with Crippen molar-refractivity contribution in [3.63, 3.8) is 0 Å². The molecule has 2 fully saturated rings. The molecule has 3 aromatic carbocycles. The van der Waals surface area contributed by atoms with Crippen molar-refractivity contribution in [1.29, 1.82) is 0 Å². The topological polar surface area (TPSA) is 139 Å². The number of amides is 2. The smallest absolute Gasteiger partial charge is 0.325 e. The molecule has 0 aliphatic carbocycles. The highest BCUT2D eigenvalue weighted by molar-refractivity contribution is 6.09. The Labute approximate surface area is 255 Å². The summed E-state index contributed by atoms with van der Waals surface area (Å²) >= 11 is 0. The Morgan fingerprint density at radius 3 is 2.27 bits per heavy atom. The third kappa shape index (κ3) is 6.12. The van der Waals surface area contributed by atoms with Gasteiger partial charge in [0.15, 0.2) is 0 Å². The molecule has 44 heavy (non-hydrogen) atoms. The Morgan fingerprint density at radius 1 is 0.977 bits per heavy atom. The van der Waals surface area contributed by atoms with Gasteiger partial charge in [0.1, 0.15) is 17.0 Å². The molecule has 2 N–H and O–H groups in total. The van der Waals surface area contributed by atoms with Crippen LogP contribution in [0, 0.1) is 22.0 Å². The number of nitro groups is 1. The fraction of sp³-hybridized carbons (Fsp3) is 0.324. The van der Waals surface area contributed by atoms with Crippen LogP contribution in [0.25, 0.3) is 0 Å². The summed E-state index contributed by atoms with van der Waals surface area (Å²) in [5.74, 6) is -3.09. The van der Waals surface area contributed by atoms with Crippen molar-refractivity contribution >= 4 is 23.5 Å². The first kappa shape index (κ1) is 30.6. The standard InChI is InChI=1S/C34H35N3O7/c1-2-3-4-5-6-10-21-36-31(38)28-29(32(36)39)34(33(40)41,22-23-13-17-25(18-14-23)37(42)43)35-30(28)24-15-19-27(20-16-24)44-26-11-8-7-9-12-26/h5-9,11-20,28-30,35H,2-4,10,21-22H2,1H3,(H,40,41)/b6-5+. The van der Waals surface area contributed by atoms with Crippen molar-refractivity contribution in [3.8, 4) is 11.5 Å². The van der Waals surface area contributed by atoms with Crippen molar-refractivity contribution in [3.05, 3.63) is 112 Å². The van der Waals surface area contributed by atoms with E-state index >= 15 is 0 Å². The van der Waals surface area contributed by atoms with E-state index in [2.05, 4.69) is 12.2 Å². The van der Waals surface area contributed by atoms with E-state index in [9.17, 15) is 29.6 Å². The highest BCUT2D eigenvalue weighted by atomic mass is 16.6. The van der Waals surface area contributed by atoms with Crippen LogP contribution in [0.3, 0.4) is 0 Å². The number of carbonyl (C=O) groups is 3. The first-order chi connectivity index (χ1) is 21.2. The minimum Gasteiger partial charge on any atom is -0.480 e. The number of para-hydroxylation sites is 1. The number of carboxylic acid groups (broad SMARTS) is 1. The van der Waals surface area contributed by atoms with Gasteiger partial charge >= 0.3 is 5.97 Å². The Balaban J connectivity index is 1.47. The molecule has 10 nitrogen and oxygen atoms in total. The molecule has 2 aliphatic heterocycles. The minimum atomic E-state index is -1.82. The Hall–Kier alpha value is -4.83. The van der Waals surface area contributed by atoms with Gasteiger partial charge in [-0.2, -0.15) is 0 Å². The van der Waals surface area contributed by atoms with Crippen LogP contribution >= 0.6 is 0 Å². The molecular formula is C34H35N3O7. The normalized spacial score (nSPS) is 22.8. The Kier molecular flexibility index (Phi) is 9.20. The van der Waals surface area contributed by atoms with Crippen molar-refractivity contribution in [2.75, 3.05) is 6.54 Å². The monoisotopic (exact) mass is 597 g/mol. The molecule has 0 spiro atoms. The number of nitrogens with one attached hydrogen (secondary N) is 1. The number of aliphatic carboxylic acids is 1. The van der Waals surface area contributed by atoms with Gasteiger partial charge in [0.05, 0.1) is 16.8 Å². The zero-order valence-electron chi connectivity index (χ0n) is 24.4. The lowest BCUT2D eigenvalue weighted by molar-refractivity contribution is -0.384. The number of likely N-dealkylation sites (tertiary alicyclic amines) is 1. The molecule has 5 rings (SSSR count).